The molecule has 8 heteroatoms. The molecule has 0 saturated heterocycles. The van der Waals surface area contributed by atoms with Crippen LogP contribution in [-0.2, 0) is 13.6 Å². The van der Waals surface area contributed by atoms with Crippen molar-refractivity contribution >= 4 is 22.7 Å². The fraction of sp³-hybridized carbons (Fsp3) is 0.105. The molecule has 2 heterocycles. The number of amides is 1. The Morgan fingerprint density at radius 2 is 1.81 bits per heavy atom. The molecular formula is C19H15FN4O3. The van der Waals surface area contributed by atoms with Crippen LogP contribution in [0.25, 0.3) is 16.8 Å². The van der Waals surface area contributed by atoms with Crippen molar-refractivity contribution in [2.24, 2.45) is 7.05 Å². The quantitative estimate of drug-likeness (QED) is 0.580. The predicted molar refractivity (Wildman–Crippen MR) is 97.2 cm³/mol. The highest BCUT2D eigenvalue weighted by atomic mass is 19.1. The van der Waals surface area contributed by atoms with Gasteiger partial charge in [-0.05, 0) is 29.8 Å². The minimum atomic E-state index is -0.722. The number of imidazole rings is 1. The number of benzene rings is 2. The van der Waals surface area contributed by atoms with E-state index < -0.39 is 17.2 Å². The van der Waals surface area contributed by atoms with Gasteiger partial charge in [-0.2, -0.15) is 0 Å². The molecule has 0 atom stereocenters. The van der Waals surface area contributed by atoms with Crippen LogP contribution in [0.5, 0.6) is 5.75 Å². The van der Waals surface area contributed by atoms with Crippen molar-refractivity contribution in [2.45, 2.75) is 6.54 Å². The van der Waals surface area contributed by atoms with Crippen molar-refractivity contribution in [3.8, 4) is 5.75 Å². The number of hydrogen-bond acceptors (Lipinski definition) is 4. The maximum Gasteiger partial charge on any atom is 0.302 e. The number of nitrogens with one attached hydrogen (secondary N) is 1. The highest BCUT2D eigenvalue weighted by Gasteiger charge is 2.21. The van der Waals surface area contributed by atoms with Gasteiger partial charge in [-0.1, -0.05) is 24.3 Å². The van der Waals surface area contributed by atoms with Crippen molar-refractivity contribution in [1.82, 2.24) is 19.3 Å². The Morgan fingerprint density at radius 1 is 1.15 bits per heavy atom. The van der Waals surface area contributed by atoms with E-state index in [1.165, 1.54) is 28.7 Å². The van der Waals surface area contributed by atoms with Crippen molar-refractivity contribution in [3.63, 3.8) is 0 Å². The lowest BCUT2D eigenvalue weighted by molar-refractivity contribution is 0.0942. The first-order valence-corrected chi connectivity index (χ1v) is 8.19. The van der Waals surface area contributed by atoms with Crippen LogP contribution in [0.15, 0.2) is 53.3 Å². The second-order valence-corrected chi connectivity index (χ2v) is 6.11. The SMILES string of the molecule is Cn1c2ccccc2n2c(=O)c(O)c(C(=O)NCc3ccc(F)cc3)nc12. The van der Waals surface area contributed by atoms with E-state index >= 15 is 0 Å². The summed E-state index contributed by atoms with van der Waals surface area (Å²) in [6.45, 7) is 0.106. The van der Waals surface area contributed by atoms with Gasteiger partial charge in [-0.25, -0.2) is 13.8 Å². The van der Waals surface area contributed by atoms with E-state index in [1.807, 2.05) is 12.1 Å². The molecule has 2 aromatic carbocycles. The van der Waals surface area contributed by atoms with Gasteiger partial charge in [0.05, 0.1) is 11.0 Å². The van der Waals surface area contributed by atoms with Crippen LogP contribution in [0.1, 0.15) is 16.1 Å². The van der Waals surface area contributed by atoms with Gasteiger partial charge in [0.25, 0.3) is 5.91 Å². The third kappa shape index (κ3) is 2.71. The highest BCUT2D eigenvalue weighted by molar-refractivity contribution is 5.95. The summed E-state index contributed by atoms with van der Waals surface area (Å²) >= 11 is 0. The van der Waals surface area contributed by atoms with E-state index in [1.54, 1.807) is 23.7 Å². The molecule has 27 heavy (non-hydrogen) atoms. The zero-order valence-corrected chi connectivity index (χ0v) is 14.3. The van der Waals surface area contributed by atoms with Gasteiger partial charge in [0.1, 0.15) is 5.82 Å². The molecule has 2 aromatic heterocycles. The number of para-hydroxylation sites is 2. The van der Waals surface area contributed by atoms with Crippen LogP contribution in [0, 0.1) is 5.82 Å². The largest absolute Gasteiger partial charge is 0.501 e. The number of aryl methyl sites for hydroxylation is 1. The normalized spacial score (nSPS) is 11.2. The maximum absolute atomic E-state index is 13.0. The van der Waals surface area contributed by atoms with Crippen LogP contribution in [0.4, 0.5) is 4.39 Å². The first kappa shape index (κ1) is 16.8. The fourth-order valence-electron chi connectivity index (χ4n) is 3.01. The molecule has 0 fully saturated rings. The van der Waals surface area contributed by atoms with Gasteiger partial charge in [-0.3, -0.25) is 9.59 Å². The molecule has 0 aliphatic heterocycles. The first-order chi connectivity index (χ1) is 13.0. The summed E-state index contributed by atoms with van der Waals surface area (Å²) in [5.74, 6) is -1.55. The van der Waals surface area contributed by atoms with E-state index in [0.717, 1.165) is 5.52 Å². The number of fused-ring (bicyclic) bond motifs is 3. The minimum absolute atomic E-state index is 0.106. The van der Waals surface area contributed by atoms with E-state index in [9.17, 15) is 19.1 Å². The average Bonchev–Trinajstić information content (AvgIpc) is 2.96. The highest BCUT2D eigenvalue weighted by Crippen LogP contribution is 2.19. The summed E-state index contributed by atoms with van der Waals surface area (Å²) in [6, 6.07) is 12.8. The Bertz CT molecular complexity index is 1240. The molecule has 1 amide bonds. The van der Waals surface area contributed by atoms with Gasteiger partial charge in [0.2, 0.25) is 11.5 Å². The van der Waals surface area contributed by atoms with E-state index in [0.29, 0.717) is 11.1 Å². The molecule has 0 spiro atoms. The topological polar surface area (TPSA) is 88.6 Å². The first-order valence-electron chi connectivity index (χ1n) is 8.19. The molecule has 136 valence electrons. The summed E-state index contributed by atoms with van der Waals surface area (Å²) in [5.41, 5.74) is 0.926. The average molecular weight is 366 g/mol. The van der Waals surface area contributed by atoms with E-state index in [4.69, 9.17) is 0 Å². The zero-order chi connectivity index (χ0) is 19.1. The fourth-order valence-corrected chi connectivity index (χ4v) is 3.01. The second-order valence-electron chi connectivity index (χ2n) is 6.11. The Balaban J connectivity index is 1.75. The molecule has 0 aliphatic carbocycles. The van der Waals surface area contributed by atoms with Crippen molar-refractivity contribution in [1.29, 1.82) is 0 Å². The number of aromatic nitrogens is 3. The number of halogens is 1. The Kier molecular flexibility index (Phi) is 3.88. The molecular weight excluding hydrogens is 351 g/mol. The Hall–Kier alpha value is -3.68. The van der Waals surface area contributed by atoms with Gasteiger partial charge < -0.3 is 15.0 Å². The maximum atomic E-state index is 13.0. The van der Waals surface area contributed by atoms with Crippen LogP contribution < -0.4 is 10.9 Å². The number of nitrogens with zero attached hydrogens (tertiary/aromatic N) is 3. The standard InChI is InChI=1S/C19H15FN4O3/c1-23-13-4-2-3-5-14(13)24-18(27)16(25)15(22-19(23)24)17(26)21-10-11-6-8-12(20)9-7-11/h2-9,25H,10H2,1H3,(H,21,26). The summed E-state index contributed by atoms with van der Waals surface area (Å²) in [4.78, 5) is 29.3. The lowest BCUT2D eigenvalue weighted by Crippen LogP contribution is -2.27. The summed E-state index contributed by atoms with van der Waals surface area (Å²) in [7, 11) is 1.72. The molecule has 4 rings (SSSR count). The summed E-state index contributed by atoms with van der Waals surface area (Å²) in [5, 5.41) is 12.8. The van der Waals surface area contributed by atoms with Crippen LogP contribution in [0.2, 0.25) is 0 Å². The van der Waals surface area contributed by atoms with Crippen LogP contribution >= 0.6 is 0 Å². The second kappa shape index (κ2) is 6.24. The zero-order valence-electron chi connectivity index (χ0n) is 14.3. The Morgan fingerprint density at radius 3 is 2.52 bits per heavy atom. The van der Waals surface area contributed by atoms with Gasteiger partial charge in [0, 0.05) is 13.6 Å². The summed E-state index contributed by atoms with van der Waals surface area (Å²) < 4.78 is 15.9. The summed E-state index contributed by atoms with van der Waals surface area (Å²) in [6.07, 6.45) is 0. The van der Waals surface area contributed by atoms with Crippen LogP contribution in [0.3, 0.4) is 0 Å². The minimum Gasteiger partial charge on any atom is -0.501 e. The Labute approximate surface area is 152 Å². The molecule has 2 N–H and O–H groups in total. The number of rotatable bonds is 3. The van der Waals surface area contributed by atoms with E-state index in [2.05, 4.69) is 10.3 Å². The van der Waals surface area contributed by atoms with Gasteiger partial charge >= 0.3 is 5.56 Å². The van der Waals surface area contributed by atoms with Crippen molar-refractivity contribution < 1.29 is 14.3 Å². The molecule has 0 unspecified atom stereocenters. The molecule has 0 bridgehead atoms. The van der Waals surface area contributed by atoms with Crippen molar-refractivity contribution in [3.05, 3.63) is 76.0 Å². The van der Waals surface area contributed by atoms with Gasteiger partial charge in [0.15, 0.2) is 5.69 Å². The smallest absolute Gasteiger partial charge is 0.302 e. The molecule has 7 nitrogen and oxygen atoms in total. The third-order valence-corrected chi connectivity index (χ3v) is 4.41. The number of hydrogen-bond donors (Lipinski definition) is 2. The van der Waals surface area contributed by atoms with Gasteiger partial charge in [-0.15, -0.1) is 0 Å². The molecule has 0 aliphatic rings. The number of carbonyl (C=O) groups excluding carboxylic acids is 1. The lowest BCUT2D eigenvalue weighted by atomic mass is 10.2. The lowest BCUT2D eigenvalue weighted by Gasteiger charge is -2.07. The monoisotopic (exact) mass is 366 g/mol. The number of aromatic hydroxyl groups is 1. The van der Waals surface area contributed by atoms with E-state index in [-0.39, 0.29) is 23.8 Å². The molecule has 0 saturated carbocycles. The van der Waals surface area contributed by atoms with Crippen molar-refractivity contribution in [2.75, 3.05) is 0 Å². The predicted octanol–water partition coefficient (Wildman–Crippen LogP) is 1.96. The van der Waals surface area contributed by atoms with Crippen LogP contribution in [-0.4, -0.2) is 25.0 Å². The molecule has 0 radical (unpaired) electrons. The number of carbonyl (C=O) groups is 1. The third-order valence-electron chi connectivity index (χ3n) is 4.41. The molecule has 4 aromatic rings.